The number of carbonyl (C=O) groups excluding carboxylic acids is 1. The molecule has 3 rings (SSSR count). The van der Waals surface area contributed by atoms with Crippen molar-refractivity contribution < 1.29 is 19.4 Å². The van der Waals surface area contributed by atoms with Gasteiger partial charge in [-0.25, -0.2) is 0 Å². The maximum absolute atomic E-state index is 12.8. The van der Waals surface area contributed by atoms with E-state index in [1.807, 2.05) is 55.5 Å². The summed E-state index contributed by atoms with van der Waals surface area (Å²) in [5, 5.41) is 8.98. The first-order valence-corrected chi connectivity index (χ1v) is 8.60. The Morgan fingerprint density at radius 3 is 2.64 bits per heavy atom. The van der Waals surface area contributed by atoms with Gasteiger partial charge < -0.3 is 9.84 Å². The van der Waals surface area contributed by atoms with Crippen LogP contribution in [0.2, 0.25) is 0 Å². The summed E-state index contributed by atoms with van der Waals surface area (Å²) in [7, 11) is 0. The molecule has 0 bridgehead atoms. The van der Waals surface area contributed by atoms with E-state index in [1.54, 1.807) is 0 Å². The zero-order valence-corrected chi connectivity index (χ0v) is 14.3. The van der Waals surface area contributed by atoms with Crippen molar-refractivity contribution in [2.75, 3.05) is 0 Å². The lowest BCUT2D eigenvalue weighted by Gasteiger charge is -2.24. The minimum Gasteiger partial charge on any atom is -0.489 e. The third-order valence-electron chi connectivity index (χ3n) is 5.07. The fourth-order valence-corrected chi connectivity index (χ4v) is 3.51. The molecule has 1 N–H and O–H groups in total. The summed E-state index contributed by atoms with van der Waals surface area (Å²) in [5.74, 6) is -0.0511. The average molecular weight is 338 g/mol. The Hall–Kier alpha value is -2.62. The molecule has 2 aromatic carbocycles. The molecule has 0 aromatic heterocycles. The largest absolute Gasteiger partial charge is 0.489 e. The molecule has 130 valence electrons. The number of ether oxygens (including phenoxy) is 1. The molecule has 0 saturated heterocycles. The van der Waals surface area contributed by atoms with Gasteiger partial charge in [0.1, 0.15) is 12.4 Å². The van der Waals surface area contributed by atoms with Gasteiger partial charge in [0.15, 0.2) is 5.78 Å². The first-order valence-electron chi connectivity index (χ1n) is 8.60. The Kier molecular flexibility index (Phi) is 4.88. The Labute approximate surface area is 147 Å². The quantitative estimate of drug-likeness (QED) is 0.819. The van der Waals surface area contributed by atoms with Gasteiger partial charge in [-0.15, -0.1) is 0 Å². The Morgan fingerprint density at radius 1 is 1.20 bits per heavy atom. The van der Waals surface area contributed by atoms with Gasteiger partial charge in [-0.1, -0.05) is 37.3 Å². The molecule has 4 nitrogen and oxygen atoms in total. The van der Waals surface area contributed by atoms with Gasteiger partial charge in [0.25, 0.3) is 0 Å². The van der Waals surface area contributed by atoms with Crippen molar-refractivity contribution in [2.24, 2.45) is 5.41 Å². The number of fused-ring (bicyclic) bond motifs is 1. The van der Waals surface area contributed by atoms with Crippen molar-refractivity contribution in [3.63, 3.8) is 0 Å². The van der Waals surface area contributed by atoms with Crippen molar-refractivity contribution in [3.8, 4) is 5.75 Å². The number of carbonyl (C=O) groups is 2. The van der Waals surface area contributed by atoms with Crippen LogP contribution in [-0.2, 0) is 17.8 Å². The third kappa shape index (κ3) is 3.58. The summed E-state index contributed by atoms with van der Waals surface area (Å²) >= 11 is 0. The summed E-state index contributed by atoms with van der Waals surface area (Å²) in [6.45, 7) is 2.43. The van der Waals surface area contributed by atoms with E-state index in [0.29, 0.717) is 31.4 Å². The predicted octanol–water partition coefficient (Wildman–Crippen LogP) is 4.27. The number of hydrogen-bond donors (Lipinski definition) is 1. The van der Waals surface area contributed by atoms with Crippen LogP contribution < -0.4 is 4.74 Å². The van der Waals surface area contributed by atoms with Crippen molar-refractivity contribution in [3.05, 3.63) is 65.2 Å². The molecular formula is C21H22O4. The van der Waals surface area contributed by atoms with Gasteiger partial charge >= 0.3 is 5.97 Å². The van der Waals surface area contributed by atoms with E-state index in [2.05, 4.69) is 0 Å². The number of carboxylic acid groups (broad SMARTS) is 1. The number of benzene rings is 2. The predicted molar refractivity (Wildman–Crippen MR) is 94.8 cm³/mol. The molecule has 1 unspecified atom stereocenters. The van der Waals surface area contributed by atoms with Crippen LogP contribution >= 0.6 is 0 Å². The molecule has 0 spiro atoms. The lowest BCUT2D eigenvalue weighted by Crippen LogP contribution is -2.28. The fraction of sp³-hybridized carbons (Fsp3) is 0.333. The maximum atomic E-state index is 12.8. The third-order valence-corrected chi connectivity index (χ3v) is 5.07. The van der Waals surface area contributed by atoms with E-state index in [1.165, 1.54) is 0 Å². The molecule has 0 aliphatic heterocycles. The van der Waals surface area contributed by atoms with E-state index >= 15 is 0 Å². The average Bonchev–Trinajstić information content (AvgIpc) is 2.91. The van der Waals surface area contributed by atoms with E-state index in [0.717, 1.165) is 16.9 Å². The highest BCUT2D eigenvalue weighted by molar-refractivity contribution is 6.05. The molecule has 1 aliphatic rings. The minimum absolute atomic E-state index is 0.0188. The van der Waals surface area contributed by atoms with E-state index < -0.39 is 11.4 Å². The summed E-state index contributed by atoms with van der Waals surface area (Å²) in [4.78, 5) is 23.8. The standard InChI is InChI=1S/C21H22O4/c1-2-21(11-10-19(22)23)13-16-12-17(8-9-18(16)20(21)24)25-14-15-6-4-3-5-7-15/h3-9,12H,2,10-11,13-14H2,1H3,(H,22,23). The van der Waals surface area contributed by atoms with E-state index in [-0.39, 0.29) is 12.2 Å². The first-order chi connectivity index (χ1) is 12.0. The van der Waals surface area contributed by atoms with Crippen LogP contribution in [-0.4, -0.2) is 16.9 Å². The summed E-state index contributed by atoms with van der Waals surface area (Å²) in [6.07, 6.45) is 1.64. The molecule has 25 heavy (non-hydrogen) atoms. The molecule has 0 fully saturated rings. The van der Waals surface area contributed by atoms with E-state index in [4.69, 9.17) is 9.84 Å². The lowest BCUT2D eigenvalue weighted by atomic mass is 9.77. The summed E-state index contributed by atoms with van der Waals surface area (Å²) in [5.41, 5.74) is 2.17. The van der Waals surface area contributed by atoms with Gasteiger partial charge in [0, 0.05) is 17.4 Å². The minimum atomic E-state index is -0.858. The maximum Gasteiger partial charge on any atom is 0.303 e. The van der Waals surface area contributed by atoms with Crippen LogP contribution in [0, 0.1) is 5.41 Å². The van der Waals surface area contributed by atoms with Gasteiger partial charge in [0.05, 0.1) is 0 Å². The highest BCUT2D eigenvalue weighted by Crippen LogP contribution is 2.44. The molecule has 2 aromatic rings. The monoisotopic (exact) mass is 338 g/mol. The number of rotatable bonds is 7. The molecule has 0 heterocycles. The second kappa shape index (κ2) is 7.09. The van der Waals surface area contributed by atoms with E-state index in [9.17, 15) is 9.59 Å². The van der Waals surface area contributed by atoms with Crippen molar-refractivity contribution in [1.29, 1.82) is 0 Å². The SMILES string of the molecule is CCC1(CCC(=O)O)Cc2cc(OCc3ccccc3)ccc2C1=O. The van der Waals surface area contributed by atoms with Crippen molar-refractivity contribution in [1.82, 2.24) is 0 Å². The van der Waals surface area contributed by atoms with Gasteiger partial charge in [-0.05, 0) is 48.6 Å². The zero-order chi connectivity index (χ0) is 17.9. The molecule has 1 aliphatic carbocycles. The van der Waals surface area contributed by atoms with Crippen LogP contribution in [0.1, 0.15) is 47.7 Å². The van der Waals surface area contributed by atoms with Crippen LogP contribution in [0.15, 0.2) is 48.5 Å². The van der Waals surface area contributed by atoms with Crippen LogP contribution in [0.3, 0.4) is 0 Å². The Balaban J connectivity index is 1.75. The van der Waals surface area contributed by atoms with Gasteiger partial charge in [-0.2, -0.15) is 0 Å². The first kappa shape index (κ1) is 17.2. The molecule has 1 atom stereocenters. The molecule has 0 amide bonds. The van der Waals surface area contributed by atoms with Crippen molar-refractivity contribution in [2.45, 2.75) is 39.2 Å². The summed E-state index contributed by atoms with van der Waals surface area (Å²) < 4.78 is 5.85. The normalized spacial score (nSPS) is 18.8. The fourth-order valence-electron chi connectivity index (χ4n) is 3.51. The highest BCUT2D eigenvalue weighted by atomic mass is 16.5. The Morgan fingerprint density at radius 2 is 1.96 bits per heavy atom. The van der Waals surface area contributed by atoms with Crippen LogP contribution in [0.5, 0.6) is 5.75 Å². The topological polar surface area (TPSA) is 63.6 Å². The van der Waals surface area contributed by atoms with Crippen LogP contribution in [0.4, 0.5) is 0 Å². The number of carboxylic acids is 1. The lowest BCUT2D eigenvalue weighted by molar-refractivity contribution is -0.137. The molecule has 0 radical (unpaired) electrons. The van der Waals surface area contributed by atoms with Gasteiger partial charge in [-0.3, -0.25) is 9.59 Å². The molecular weight excluding hydrogens is 316 g/mol. The Bertz CT molecular complexity index is 782. The summed E-state index contributed by atoms with van der Waals surface area (Å²) in [6, 6.07) is 15.5. The number of hydrogen-bond acceptors (Lipinski definition) is 3. The number of ketones is 1. The highest BCUT2D eigenvalue weighted by Gasteiger charge is 2.44. The molecule has 0 saturated carbocycles. The molecule has 4 heteroatoms. The zero-order valence-electron chi connectivity index (χ0n) is 14.3. The van der Waals surface area contributed by atoms with Crippen LogP contribution in [0.25, 0.3) is 0 Å². The van der Waals surface area contributed by atoms with Gasteiger partial charge in [0.2, 0.25) is 0 Å². The number of aliphatic carboxylic acids is 1. The second-order valence-corrected chi connectivity index (χ2v) is 6.63. The van der Waals surface area contributed by atoms with Crippen molar-refractivity contribution >= 4 is 11.8 Å². The number of Topliss-reactive ketones (excluding diaryl/α,β-unsaturated/α-hetero) is 1. The smallest absolute Gasteiger partial charge is 0.303 e. The second-order valence-electron chi connectivity index (χ2n) is 6.63.